The van der Waals surface area contributed by atoms with E-state index in [1.165, 1.54) is 0 Å². The van der Waals surface area contributed by atoms with Crippen molar-refractivity contribution in [3.05, 3.63) is 23.3 Å². The Morgan fingerprint density at radius 2 is 2.50 bits per heavy atom. The quantitative estimate of drug-likeness (QED) is 0.586. The third-order valence-corrected chi connectivity index (χ3v) is 1.44. The number of hydrogen-bond donors (Lipinski definition) is 1. The molecule has 10 heavy (non-hydrogen) atoms. The maximum atomic E-state index is 5.04. The van der Waals surface area contributed by atoms with Crippen LogP contribution in [0.5, 0.6) is 0 Å². The van der Waals surface area contributed by atoms with Crippen molar-refractivity contribution in [2.45, 2.75) is 0 Å². The highest BCUT2D eigenvalue weighted by Crippen LogP contribution is 2.08. The third kappa shape index (κ3) is 0.733. The molecule has 0 bridgehead atoms. The second kappa shape index (κ2) is 1.91. The number of rotatable bonds is 0. The van der Waals surface area contributed by atoms with E-state index >= 15 is 0 Å². The molecule has 2 aromatic heterocycles. The molecule has 0 atom stereocenters. The summed E-state index contributed by atoms with van der Waals surface area (Å²) in [5.74, 6) is 0. The molecule has 2 rings (SSSR count). The maximum absolute atomic E-state index is 5.04. The van der Waals surface area contributed by atoms with Gasteiger partial charge in [-0.05, 0) is 18.3 Å². The maximum Gasteiger partial charge on any atom is 0.207 e. The van der Waals surface area contributed by atoms with Crippen LogP contribution in [0.3, 0.4) is 0 Å². The summed E-state index contributed by atoms with van der Waals surface area (Å²) in [5.41, 5.74) is 0.681. The summed E-state index contributed by atoms with van der Waals surface area (Å²) in [4.78, 5) is 6.69. The van der Waals surface area contributed by atoms with Crippen molar-refractivity contribution < 1.29 is 4.42 Å². The van der Waals surface area contributed by atoms with E-state index in [0.29, 0.717) is 10.5 Å². The fourth-order valence-electron chi connectivity index (χ4n) is 0.780. The largest absolute Gasteiger partial charge is 0.448 e. The molecule has 0 fully saturated rings. The van der Waals surface area contributed by atoms with Crippen LogP contribution in [0, 0.1) is 4.77 Å². The summed E-state index contributed by atoms with van der Waals surface area (Å²) in [6, 6.07) is 1.83. The number of aromatic amines is 1. The van der Waals surface area contributed by atoms with Crippen LogP contribution in [-0.2, 0) is 0 Å². The van der Waals surface area contributed by atoms with E-state index < -0.39 is 0 Å². The highest BCUT2D eigenvalue weighted by atomic mass is 32.1. The first-order chi connectivity index (χ1) is 4.86. The van der Waals surface area contributed by atoms with Gasteiger partial charge in [0.2, 0.25) is 5.71 Å². The molecule has 3 nitrogen and oxygen atoms in total. The third-order valence-electron chi connectivity index (χ3n) is 1.24. The SMILES string of the molecule is S=c1ncc2ccoc2[nH]1. The molecule has 2 heterocycles. The predicted octanol–water partition coefficient (Wildman–Crippen LogP) is 1.89. The molecule has 0 aliphatic rings. The summed E-state index contributed by atoms with van der Waals surface area (Å²) in [7, 11) is 0. The van der Waals surface area contributed by atoms with E-state index in [1.807, 2.05) is 6.07 Å². The Kier molecular flexibility index (Phi) is 1.07. The summed E-state index contributed by atoms with van der Waals surface area (Å²) < 4.78 is 5.48. The van der Waals surface area contributed by atoms with Crippen LogP contribution >= 0.6 is 12.2 Å². The van der Waals surface area contributed by atoms with E-state index in [0.717, 1.165) is 5.39 Å². The smallest absolute Gasteiger partial charge is 0.207 e. The lowest BCUT2D eigenvalue weighted by molar-refractivity contribution is 0.601. The van der Waals surface area contributed by atoms with Crippen molar-refractivity contribution in [3.63, 3.8) is 0 Å². The summed E-state index contributed by atoms with van der Waals surface area (Å²) in [6.07, 6.45) is 3.27. The van der Waals surface area contributed by atoms with Gasteiger partial charge in [0.05, 0.1) is 11.6 Å². The molecular weight excluding hydrogens is 148 g/mol. The van der Waals surface area contributed by atoms with Crippen LogP contribution in [0.4, 0.5) is 0 Å². The molecular formula is C6H4N2OS. The van der Waals surface area contributed by atoms with Crippen molar-refractivity contribution in [1.29, 1.82) is 0 Å². The van der Waals surface area contributed by atoms with Gasteiger partial charge in [-0.25, -0.2) is 4.98 Å². The minimum atomic E-state index is 0.447. The van der Waals surface area contributed by atoms with Gasteiger partial charge in [-0.3, -0.25) is 0 Å². The Bertz CT molecular complexity index is 403. The minimum Gasteiger partial charge on any atom is -0.448 e. The standard InChI is InChI=1S/C6H4N2OS/c10-6-7-3-4-1-2-9-5(4)8-6/h1-3H,(H,7,8,10). The summed E-state index contributed by atoms with van der Waals surface area (Å²) >= 11 is 4.78. The average molecular weight is 152 g/mol. The zero-order valence-electron chi connectivity index (χ0n) is 5.00. The molecule has 0 unspecified atom stereocenters. The van der Waals surface area contributed by atoms with Crippen molar-refractivity contribution in [3.8, 4) is 0 Å². The van der Waals surface area contributed by atoms with Gasteiger partial charge in [0.1, 0.15) is 0 Å². The first-order valence-corrected chi connectivity index (χ1v) is 3.19. The van der Waals surface area contributed by atoms with Gasteiger partial charge in [-0.15, -0.1) is 0 Å². The Balaban J connectivity index is 2.99. The van der Waals surface area contributed by atoms with Crippen molar-refractivity contribution in [1.82, 2.24) is 9.97 Å². The number of fused-ring (bicyclic) bond motifs is 1. The van der Waals surface area contributed by atoms with Gasteiger partial charge < -0.3 is 9.40 Å². The average Bonchev–Trinajstić information content (AvgIpc) is 2.33. The monoisotopic (exact) mass is 152 g/mol. The number of nitrogens with one attached hydrogen (secondary N) is 1. The molecule has 0 aromatic carbocycles. The Morgan fingerprint density at radius 1 is 1.60 bits per heavy atom. The highest BCUT2D eigenvalue weighted by Gasteiger charge is 1.93. The summed E-state index contributed by atoms with van der Waals surface area (Å²) in [5, 5.41) is 0.939. The van der Waals surface area contributed by atoms with E-state index in [4.69, 9.17) is 16.6 Å². The number of furan rings is 1. The van der Waals surface area contributed by atoms with Crippen LogP contribution in [0.15, 0.2) is 22.9 Å². The van der Waals surface area contributed by atoms with Gasteiger partial charge in [0.15, 0.2) is 4.77 Å². The second-order valence-electron chi connectivity index (χ2n) is 1.89. The first-order valence-electron chi connectivity index (χ1n) is 2.79. The number of aromatic nitrogens is 2. The van der Waals surface area contributed by atoms with E-state index in [9.17, 15) is 0 Å². The topological polar surface area (TPSA) is 41.8 Å². The zero-order valence-corrected chi connectivity index (χ0v) is 5.81. The summed E-state index contributed by atoms with van der Waals surface area (Å²) in [6.45, 7) is 0. The Morgan fingerprint density at radius 3 is 3.40 bits per heavy atom. The molecule has 4 heteroatoms. The Hall–Kier alpha value is -1.16. The minimum absolute atomic E-state index is 0.447. The molecule has 0 aliphatic heterocycles. The number of nitrogens with zero attached hydrogens (tertiary/aromatic N) is 1. The van der Waals surface area contributed by atoms with E-state index in [1.54, 1.807) is 12.5 Å². The van der Waals surface area contributed by atoms with E-state index in [2.05, 4.69) is 9.97 Å². The second-order valence-corrected chi connectivity index (χ2v) is 2.28. The molecule has 0 radical (unpaired) electrons. The van der Waals surface area contributed by atoms with Gasteiger partial charge in [0.25, 0.3) is 0 Å². The normalized spacial score (nSPS) is 10.4. The van der Waals surface area contributed by atoms with Crippen LogP contribution in [0.25, 0.3) is 11.1 Å². The molecule has 1 N–H and O–H groups in total. The Labute approximate surface area is 61.7 Å². The number of H-pyrrole nitrogens is 1. The van der Waals surface area contributed by atoms with Crippen LogP contribution in [-0.4, -0.2) is 9.97 Å². The highest BCUT2D eigenvalue weighted by molar-refractivity contribution is 7.71. The predicted molar refractivity (Wildman–Crippen MR) is 39.2 cm³/mol. The lowest BCUT2D eigenvalue weighted by Gasteiger charge is -1.84. The van der Waals surface area contributed by atoms with Crippen LogP contribution in [0.1, 0.15) is 0 Å². The molecule has 0 amide bonds. The molecule has 0 aliphatic carbocycles. The fraction of sp³-hybridized carbons (Fsp3) is 0. The van der Waals surface area contributed by atoms with Crippen LogP contribution in [0.2, 0.25) is 0 Å². The fourth-order valence-corrected chi connectivity index (χ4v) is 0.925. The van der Waals surface area contributed by atoms with Crippen LogP contribution < -0.4 is 0 Å². The molecule has 2 aromatic rings. The number of hydrogen-bond acceptors (Lipinski definition) is 3. The molecule has 0 saturated carbocycles. The van der Waals surface area contributed by atoms with Gasteiger partial charge >= 0.3 is 0 Å². The molecule has 0 saturated heterocycles. The molecule has 0 spiro atoms. The lowest BCUT2D eigenvalue weighted by Crippen LogP contribution is -1.77. The van der Waals surface area contributed by atoms with Crippen molar-refractivity contribution in [2.75, 3.05) is 0 Å². The van der Waals surface area contributed by atoms with Gasteiger partial charge in [-0.2, -0.15) is 0 Å². The van der Waals surface area contributed by atoms with Crippen molar-refractivity contribution >= 4 is 23.3 Å². The molecule has 50 valence electrons. The van der Waals surface area contributed by atoms with Crippen molar-refractivity contribution in [2.24, 2.45) is 0 Å². The van der Waals surface area contributed by atoms with Gasteiger partial charge in [0, 0.05) is 6.20 Å². The van der Waals surface area contributed by atoms with E-state index in [-0.39, 0.29) is 0 Å². The zero-order chi connectivity index (χ0) is 6.97. The first kappa shape index (κ1) is 5.61. The van der Waals surface area contributed by atoms with Gasteiger partial charge in [-0.1, -0.05) is 0 Å². The lowest BCUT2D eigenvalue weighted by atomic mass is 10.4.